The molecule has 0 aliphatic carbocycles. The Hall–Kier alpha value is -0.570. The number of methoxy groups -OCH3 is 1. The summed E-state index contributed by atoms with van der Waals surface area (Å²) in [5.41, 5.74) is 0. The van der Waals surface area contributed by atoms with Crippen molar-refractivity contribution >= 4 is 5.97 Å². The van der Waals surface area contributed by atoms with E-state index in [0.29, 0.717) is 6.42 Å². The monoisotopic (exact) mass is 213 g/mol. The zero-order valence-corrected chi connectivity index (χ0v) is 10.00. The quantitative estimate of drug-likeness (QED) is 0.517. The fourth-order valence-electron chi connectivity index (χ4n) is 2.16. The van der Waals surface area contributed by atoms with Crippen molar-refractivity contribution in [3.8, 4) is 0 Å². The molecule has 0 aromatic heterocycles. The lowest BCUT2D eigenvalue weighted by Crippen LogP contribution is -2.30. The Bertz CT molecular complexity index is 186. The van der Waals surface area contributed by atoms with Crippen LogP contribution in [-0.2, 0) is 9.53 Å². The molecule has 1 saturated heterocycles. The molecule has 1 rings (SSSR count). The van der Waals surface area contributed by atoms with Crippen LogP contribution in [0.3, 0.4) is 0 Å². The summed E-state index contributed by atoms with van der Waals surface area (Å²) in [6.45, 7) is 2.48. The van der Waals surface area contributed by atoms with E-state index in [9.17, 15) is 4.79 Å². The van der Waals surface area contributed by atoms with Crippen molar-refractivity contribution < 1.29 is 9.53 Å². The van der Waals surface area contributed by atoms with E-state index in [4.69, 9.17) is 0 Å². The van der Waals surface area contributed by atoms with Gasteiger partial charge in [-0.3, -0.25) is 4.79 Å². The van der Waals surface area contributed by atoms with E-state index in [1.165, 1.54) is 45.9 Å². The molecular formula is C12H23NO2. The van der Waals surface area contributed by atoms with E-state index in [0.717, 1.165) is 12.3 Å². The lowest BCUT2D eigenvalue weighted by molar-refractivity contribution is -0.140. The zero-order chi connectivity index (χ0) is 11.1. The highest BCUT2D eigenvalue weighted by molar-refractivity contribution is 5.68. The Labute approximate surface area is 92.8 Å². The molecule has 0 amide bonds. The van der Waals surface area contributed by atoms with Gasteiger partial charge in [0.05, 0.1) is 7.11 Å². The smallest absolute Gasteiger partial charge is 0.305 e. The van der Waals surface area contributed by atoms with Gasteiger partial charge in [0.2, 0.25) is 0 Å². The largest absolute Gasteiger partial charge is 0.469 e. The second-order valence-electron chi connectivity index (χ2n) is 4.57. The van der Waals surface area contributed by atoms with Gasteiger partial charge in [0.25, 0.3) is 0 Å². The molecule has 15 heavy (non-hydrogen) atoms. The Morgan fingerprint density at radius 1 is 1.33 bits per heavy atom. The summed E-state index contributed by atoms with van der Waals surface area (Å²) in [5, 5.41) is 0. The van der Waals surface area contributed by atoms with E-state index < -0.39 is 0 Å². The fourth-order valence-corrected chi connectivity index (χ4v) is 2.16. The Morgan fingerprint density at radius 3 is 2.60 bits per heavy atom. The molecule has 88 valence electrons. The molecular weight excluding hydrogens is 190 g/mol. The van der Waals surface area contributed by atoms with Crippen LogP contribution in [-0.4, -0.2) is 38.1 Å². The van der Waals surface area contributed by atoms with Crippen molar-refractivity contribution in [1.82, 2.24) is 4.90 Å². The topological polar surface area (TPSA) is 29.5 Å². The highest BCUT2D eigenvalue weighted by Gasteiger charge is 2.15. The van der Waals surface area contributed by atoms with E-state index in [1.54, 1.807) is 0 Å². The molecule has 0 N–H and O–H groups in total. The van der Waals surface area contributed by atoms with Crippen molar-refractivity contribution in [3.63, 3.8) is 0 Å². The molecule has 1 fully saturated rings. The third-order valence-electron chi connectivity index (χ3n) is 3.31. The number of hydrogen-bond donors (Lipinski definition) is 0. The number of esters is 1. The second-order valence-corrected chi connectivity index (χ2v) is 4.57. The summed E-state index contributed by atoms with van der Waals surface area (Å²) in [6.07, 6.45) is 6.68. The molecule has 0 spiro atoms. The molecule has 3 nitrogen and oxygen atoms in total. The number of ether oxygens (including phenoxy) is 1. The third-order valence-corrected chi connectivity index (χ3v) is 3.31. The molecule has 0 unspecified atom stereocenters. The number of likely N-dealkylation sites (tertiary alicyclic amines) is 1. The summed E-state index contributed by atoms with van der Waals surface area (Å²) < 4.78 is 4.61. The van der Waals surface area contributed by atoms with Crippen molar-refractivity contribution in [2.75, 3.05) is 27.2 Å². The van der Waals surface area contributed by atoms with Crippen LogP contribution in [0.1, 0.15) is 38.5 Å². The van der Waals surface area contributed by atoms with Gasteiger partial charge in [-0.1, -0.05) is 12.8 Å². The normalized spacial score (nSPS) is 19.1. The lowest BCUT2D eigenvalue weighted by Gasteiger charge is -2.28. The van der Waals surface area contributed by atoms with Crippen LogP contribution in [0.4, 0.5) is 0 Å². The number of rotatable bonds is 5. The van der Waals surface area contributed by atoms with Gasteiger partial charge in [0.15, 0.2) is 0 Å². The first-order valence-corrected chi connectivity index (χ1v) is 5.97. The van der Waals surface area contributed by atoms with E-state index in [2.05, 4.69) is 16.7 Å². The first kappa shape index (κ1) is 12.5. The third kappa shape index (κ3) is 5.17. The number of carbonyl (C=O) groups excluding carboxylic acids is 1. The van der Waals surface area contributed by atoms with Gasteiger partial charge in [-0.05, 0) is 45.3 Å². The maximum atomic E-state index is 10.9. The Morgan fingerprint density at radius 2 is 2.00 bits per heavy atom. The minimum atomic E-state index is -0.0709. The van der Waals surface area contributed by atoms with E-state index in [1.807, 2.05) is 0 Å². The first-order chi connectivity index (χ1) is 7.22. The van der Waals surface area contributed by atoms with Gasteiger partial charge >= 0.3 is 5.97 Å². The van der Waals surface area contributed by atoms with Crippen LogP contribution in [0, 0.1) is 5.92 Å². The number of carbonyl (C=O) groups is 1. The molecule has 1 aliphatic heterocycles. The van der Waals surface area contributed by atoms with Crippen molar-refractivity contribution in [1.29, 1.82) is 0 Å². The van der Waals surface area contributed by atoms with E-state index >= 15 is 0 Å². The number of piperidine rings is 1. The number of nitrogens with zero attached hydrogens (tertiary/aromatic N) is 1. The summed E-state index contributed by atoms with van der Waals surface area (Å²) in [5.74, 6) is 0.817. The summed E-state index contributed by atoms with van der Waals surface area (Å²) in [7, 11) is 3.65. The average molecular weight is 213 g/mol. The predicted molar refractivity (Wildman–Crippen MR) is 60.7 cm³/mol. The first-order valence-electron chi connectivity index (χ1n) is 5.97. The van der Waals surface area contributed by atoms with Crippen molar-refractivity contribution in [2.45, 2.75) is 38.5 Å². The predicted octanol–water partition coefficient (Wildman–Crippen LogP) is 2.06. The van der Waals surface area contributed by atoms with Crippen LogP contribution in [0.5, 0.6) is 0 Å². The molecule has 0 bridgehead atoms. The number of unbranched alkanes of at least 4 members (excludes halogenated alkanes) is 1. The maximum Gasteiger partial charge on any atom is 0.305 e. The summed E-state index contributed by atoms with van der Waals surface area (Å²) in [4.78, 5) is 13.3. The molecule has 0 aromatic rings. The van der Waals surface area contributed by atoms with Crippen LogP contribution in [0.15, 0.2) is 0 Å². The molecule has 1 heterocycles. The van der Waals surface area contributed by atoms with Crippen LogP contribution in [0.25, 0.3) is 0 Å². The molecule has 3 heteroatoms. The highest BCUT2D eigenvalue weighted by atomic mass is 16.5. The van der Waals surface area contributed by atoms with Crippen molar-refractivity contribution in [2.24, 2.45) is 5.92 Å². The second kappa shape index (κ2) is 6.83. The maximum absolute atomic E-state index is 10.9. The average Bonchev–Trinajstić information content (AvgIpc) is 2.26. The summed E-state index contributed by atoms with van der Waals surface area (Å²) >= 11 is 0. The van der Waals surface area contributed by atoms with Gasteiger partial charge in [-0.2, -0.15) is 0 Å². The van der Waals surface area contributed by atoms with Gasteiger partial charge < -0.3 is 9.64 Å². The van der Waals surface area contributed by atoms with E-state index in [-0.39, 0.29) is 5.97 Å². The van der Waals surface area contributed by atoms with Crippen molar-refractivity contribution in [3.05, 3.63) is 0 Å². The summed E-state index contributed by atoms with van der Waals surface area (Å²) in [6, 6.07) is 0. The highest BCUT2D eigenvalue weighted by Crippen LogP contribution is 2.21. The number of hydrogen-bond acceptors (Lipinski definition) is 3. The molecule has 0 saturated carbocycles. The molecule has 0 aromatic carbocycles. The molecule has 1 aliphatic rings. The minimum Gasteiger partial charge on any atom is -0.469 e. The lowest BCUT2D eigenvalue weighted by atomic mass is 9.91. The molecule has 0 atom stereocenters. The standard InChI is InChI=1S/C12H23NO2/c1-13-9-7-11(8-10-13)5-3-4-6-12(14)15-2/h11H,3-10H2,1-2H3. The Kier molecular flexibility index (Phi) is 5.69. The van der Waals surface area contributed by atoms with Gasteiger partial charge in [-0.25, -0.2) is 0 Å². The SMILES string of the molecule is COC(=O)CCCCC1CCN(C)CC1. The van der Waals surface area contributed by atoms with Crippen LogP contribution >= 0.6 is 0 Å². The fraction of sp³-hybridized carbons (Fsp3) is 0.917. The molecule has 0 radical (unpaired) electrons. The Balaban J connectivity index is 1.98. The van der Waals surface area contributed by atoms with Crippen LogP contribution in [0.2, 0.25) is 0 Å². The van der Waals surface area contributed by atoms with Gasteiger partial charge in [0, 0.05) is 6.42 Å². The minimum absolute atomic E-state index is 0.0709. The van der Waals surface area contributed by atoms with Gasteiger partial charge in [0.1, 0.15) is 0 Å². The van der Waals surface area contributed by atoms with Crippen LogP contribution < -0.4 is 0 Å². The zero-order valence-electron chi connectivity index (χ0n) is 10.00. The van der Waals surface area contributed by atoms with Gasteiger partial charge in [-0.15, -0.1) is 0 Å².